The number of carbonyl (C=O) groups excluding carboxylic acids is 1. The van der Waals surface area contributed by atoms with Crippen molar-refractivity contribution in [2.24, 2.45) is 0 Å². The van der Waals surface area contributed by atoms with Gasteiger partial charge in [-0.3, -0.25) is 9.69 Å². The Balaban J connectivity index is 1.79. The zero-order valence-corrected chi connectivity index (χ0v) is 21.3. The summed E-state index contributed by atoms with van der Waals surface area (Å²) < 4.78 is 27.8. The molecule has 3 aromatic rings. The second kappa shape index (κ2) is 10.2. The van der Waals surface area contributed by atoms with Crippen LogP contribution in [-0.2, 0) is 6.54 Å². The van der Waals surface area contributed by atoms with Crippen LogP contribution in [0.2, 0.25) is 0 Å². The molecule has 0 radical (unpaired) electrons. The molecule has 0 N–H and O–H groups in total. The van der Waals surface area contributed by atoms with Crippen LogP contribution in [0.1, 0.15) is 35.3 Å². The maximum atomic E-state index is 14.1. The van der Waals surface area contributed by atoms with Crippen molar-refractivity contribution in [3.05, 3.63) is 71.3 Å². The highest BCUT2D eigenvalue weighted by molar-refractivity contribution is 6.08. The lowest BCUT2D eigenvalue weighted by Crippen LogP contribution is -2.32. The molecule has 2 aromatic carbocycles. The van der Waals surface area contributed by atoms with E-state index in [1.54, 1.807) is 43.4 Å². The summed E-state index contributed by atoms with van der Waals surface area (Å²) in [6, 6.07) is 14.5. The van der Waals surface area contributed by atoms with E-state index in [0.717, 1.165) is 11.3 Å². The number of fused-ring (bicyclic) bond motifs is 1. The topological polar surface area (TPSA) is 79.4 Å². The lowest BCUT2D eigenvalue weighted by atomic mass is 9.99. The fraction of sp³-hybridized carbons (Fsp3) is 0.286. The van der Waals surface area contributed by atoms with Gasteiger partial charge in [0.1, 0.15) is 28.7 Å². The van der Waals surface area contributed by atoms with E-state index >= 15 is 0 Å². The number of methoxy groups -OCH3 is 4. The van der Waals surface area contributed by atoms with E-state index in [1.807, 2.05) is 50.3 Å². The van der Waals surface area contributed by atoms with Gasteiger partial charge in [0.25, 0.3) is 11.8 Å². The highest BCUT2D eigenvalue weighted by Gasteiger charge is 2.29. The molecule has 1 aliphatic rings. The van der Waals surface area contributed by atoms with Crippen LogP contribution in [0.4, 0.5) is 5.82 Å². The van der Waals surface area contributed by atoms with E-state index in [2.05, 4.69) is 4.98 Å². The number of hydrogen-bond donors (Lipinski definition) is 0. The van der Waals surface area contributed by atoms with E-state index in [4.69, 9.17) is 23.7 Å². The van der Waals surface area contributed by atoms with Gasteiger partial charge in [0, 0.05) is 0 Å². The minimum atomic E-state index is -0.451. The third kappa shape index (κ3) is 4.93. The van der Waals surface area contributed by atoms with Gasteiger partial charge in [-0.05, 0) is 68.0 Å². The minimum absolute atomic E-state index is 0.255. The molecule has 0 spiro atoms. The van der Waals surface area contributed by atoms with Gasteiger partial charge in [0.05, 0.1) is 46.1 Å². The first-order valence-electron chi connectivity index (χ1n) is 11.4. The maximum absolute atomic E-state index is 14.1. The quantitative estimate of drug-likeness (QED) is 0.432. The predicted molar refractivity (Wildman–Crippen MR) is 138 cm³/mol. The molecular weight excluding hydrogens is 460 g/mol. The molecule has 4 rings (SSSR count). The molecule has 8 heteroatoms. The Morgan fingerprint density at radius 3 is 2.31 bits per heavy atom. The molecule has 0 fully saturated rings. The van der Waals surface area contributed by atoms with Gasteiger partial charge >= 0.3 is 0 Å². The summed E-state index contributed by atoms with van der Waals surface area (Å²) in [6.45, 7) is 4.19. The van der Waals surface area contributed by atoms with Gasteiger partial charge in [-0.1, -0.05) is 12.1 Å². The molecule has 36 heavy (non-hydrogen) atoms. The summed E-state index contributed by atoms with van der Waals surface area (Å²) in [5.74, 6) is 2.68. The Labute approximate surface area is 211 Å². The number of aromatic nitrogens is 1. The number of anilines is 1. The standard InChI is InChI=1S/C28H30N2O6/c1-28(2)16-15-20-22(36-28)12-11-21(25(20)34-5)27(31)30(17-18-7-9-19(32-3)10-8-18)24-14-13-23(33-4)26(29-24)35-6/h7-16H,17H2,1-6H3. The van der Waals surface area contributed by atoms with Crippen LogP contribution in [0.5, 0.6) is 28.9 Å². The van der Waals surface area contributed by atoms with Gasteiger partial charge in [-0.15, -0.1) is 0 Å². The summed E-state index contributed by atoms with van der Waals surface area (Å²) in [4.78, 5) is 20.2. The average Bonchev–Trinajstić information content (AvgIpc) is 2.90. The van der Waals surface area contributed by atoms with Crippen LogP contribution < -0.4 is 28.6 Å². The number of ether oxygens (including phenoxy) is 5. The summed E-state index contributed by atoms with van der Waals surface area (Å²) >= 11 is 0. The lowest BCUT2D eigenvalue weighted by molar-refractivity contribution is 0.0981. The van der Waals surface area contributed by atoms with Crippen molar-refractivity contribution in [3.8, 4) is 28.9 Å². The first-order chi connectivity index (χ1) is 17.3. The molecule has 0 aliphatic carbocycles. The highest BCUT2D eigenvalue weighted by Crippen LogP contribution is 2.40. The lowest BCUT2D eigenvalue weighted by Gasteiger charge is -2.30. The van der Waals surface area contributed by atoms with Crippen molar-refractivity contribution in [1.29, 1.82) is 0 Å². The van der Waals surface area contributed by atoms with Crippen molar-refractivity contribution in [2.75, 3.05) is 33.3 Å². The Bertz CT molecular complexity index is 1280. The highest BCUT2D eigenvalue weighted by atomic mass is 16.5. The first-order valence-corrected chi connectivity index (χ1v) is 11.4. The Hall–Kier alpha value is -4.20. The molecule has 0 unspecified atom stereocenters. The van der Waals surface area contributed by atoms with Crippen LogP contribution in [0.15, 0.2) is 54.6 Å². The van der Waals surface area contributed by atoms with Crippen molar-refractivity contribution in [1.82, 2.24) is 4.98 Å². The molecule has 188 valence electrons. The van der Waals surface area contributed by atoms with Crippen LogP contribution in [0.25, 0.3) is 6.08 Å². The fourth-order valence-electron chi connectivity index (χ4n) is 4.00. The first kappa shape index (κ1) is 24.9. The number of carbonyl (C=O) groups is 1. The molecule has 0 saturated carbocycles. The van der Waals surface area contributed by atoms with E-state index in [0.29, 0.717) is 34.2 Å². The average molecular weight is 491 g/mol. The molecule has 0 saturated heterocycles. The second-order valence-electron chi connectivity index (χ2n) is 8.72. The van der Waals surface area contributed by atoms with E-state index in [-0.39, 0.29) is 18.3 Å². The van der Waals surface area contributed by atoms with E-state index in [1.165, 1.54) is 14.2 Å². The van der Waals surface area contributed by atoms with Crippen molar-refractivity contribution < 1.29 is 28.5 Å². The molecule has 1 aromatic heterocycles. The minimum Gasteiger partial charge on any atom is -0.497 e. The normalized spacial score (nSPS) is 13.3. The van der Waals surface area contributed by atoms with E-state index in [9.17, 15) is 4.79 Å². The molecule has 8 nitrogen and oxygen atoms in total. The number of amides is 1. The molecule has 0 atom stereocenters. The Morgan fingerprint density at radius 2 is 1.67 bits per heavy atom. The molecule has 1 aliphatic heterocycles. The van der Waals surface area contributed by atoms with Crippen molar-refractivity contribution >= 4 is 17.8 Å². The largest absolute Gasteiger partial charge is 0.497 e. The van der Waals surface area contributed by atoms with Crippen LogP contribution in [-0.4, -0.2) is 44.9 Å². The van der Waals surface area contributed by atoms with Crippen LogP contribution in [0, 0.1) is 0 Å². The number of nitrogens with zero attached hydrogens (tertiary/aromatic N) is 2. The smallest absolute Gasteiger partial charge is 0.263 e. The van der Waals surface area contributed by atoms with Gasteiger partial charge in [0.2, 0.25) is 0 Å². The summed E-state index contributed by atoms with van der Waals surface area (Å²) in [5, 5.41) is 0. The number of hydrogen-bond acceptors (Lipinski definition) is 7. The van der Waals surface area contributed by atoms with Gasteiger partial charge in [-0.25, -0.2) is 0 Å². The van der Waals surface area contributed by atoms with Gasteiger partial charge in [0.15, 0.2) is 5.75 Å². The fourth-order valence-corrected chi connectivity index (χ4v) is 4.00. The number of rotatable bonds is 8. The molecular formula is C28H30N2O6. The number of pyridine rings is 1. The zero-order chi connectivity index (χ0) is 25.9. The summed E-state index contributed by atoms with van der Waals surface area (Å²) in [6.07, 6.45) is 3.87. The number of benzene rings is 2. The predicted octanol–water partition coefficient (Wildman–Crippen LogP) is 5.15. The Kier molecular flexibility index (Phi) is 7.05. The van der Waals surface area contributed by atoms with Crippen molar-refractivity contribution in [2.45, 2.75) is 26.0 Å². The van der Waals surface area contributed by atoms with Crippen LogP contribution in [0.3, 0.4) is 0 Å². The third-order valence-corrected chi connectivity index (χ3v) is 5.86. The summed E-state index contributed by atoms with van der Waals surface area (Å²) in [7, 11) is 6.20. The molecule has 2 heterocycles. The van der Waals surface area contributed by atoms with Gasteiger partial charge in [-0.2, -0.15) is 4.98 Å². The van der Waals surface area contributed by atoms with Crippen LogP contribution >= 0.6 is 0 Å². The monoisotopic (exact) mass is 490 g/mol. The second-order valence-corrected chi connectivity index (χ2v) is 8.72. The molecule has 0 bridgehead atoms. The Morgan fingerprint density at radius 1 is 0.917 bits per heavy atom. The SMILES string of the molecule is COc1ccc(CN(C(=O)c2ccc3c(c2OC)C=CC(C)(C)O3)c2ccc(OC)c(OC)n2)cc1. The third-order valence-electron chi connectivity index (χ3n) is 5.86. The molecule has 1 amide bonds. The summed E-state index contributed by atoms with van der Waals surface area (Å²) in [5.41, 5.74) is 1.54. The zero-order valence-electron chi connectivity index (χ0n) is 21.3. The maximum Gasteiger partial charge on any atom is 0.263 e. The van der Waals surface area contributed by atoms with Gasteiger partial charge < -0.3 is 23.7 Å². The van der Waals surface area contributed by atoms with E-state index < -0.39 is 5.60 Å². The van der Waals surface area contributed by atoms with Crippen molar-refractivity contribution in [3.63, 3.8) is 0 Å².